The smallest absolute Gasteiger partial charge is 0.0581 e. The van der Waals surface area contributed by atoms with Crippen molar-refractivity contribution in [2.24, 2.45) is 5.41 Å². The van der Waals surface area contributed by atoms with Gasteiger partial charge in [0.25, 0.3) is 0 Å². The minimum Gasteiger partial charge on any atom is -0.383 e. The van der Waals surface area contributed by atoms with Crippen molar-refractivity contribution in [3.8, 4) is 0 Å². The van der Waals surface area contributed by atoms with Gasteiger partial charge in [-0.15, -0.1) is 0 Å². The first-order chi connectivity index (χ1) is 7.88. The molecular weight excluding hydrogens is 208 g/mol. The van der Waals surface area contributed by atoms with Crippen LogP contribution in [0.1, 0.15) is 38.3 Å². The summed E-state index contributed by atoms with van der Waals surface area (Å²) in [5, 5.41) is 7.24. The summed E-state index contributed by atoms with van der Waals surface area (Å²) in [6, 6.07) is 5.04. The summed E-state index contributed by atoms with van der Waals surface area (Å²) in [6.07, 6.45) is 1.16. The molecule has 17 heavy (non-hydrogen) atoms. The molecule has 1 aliphatic rings. The summed E-state index contributed by atoms with van der Waals surface area (Å²) >= 11 is 0. The molecule has 2 N–H and O–H groups in total. The highest BCUT2D eigenvalue weighted by molar-refractivity contribution is 5.72. The van der Waals surface area contributed by atoms with Crippen LogP contribution in [0.4, 0.5) is 11.4 Å². The molecule has 2 rings (SSSR count). The summed E-state index contributed by atoms with van der Waals surface area (Å²) < 4.78 is 0. The van der Waals surface area contributed by atoms with E-state index in [4.69, 9.17) is 0 Å². The molecule has 94 valence electrons. The zero-order valence-corrected chi connectivity index (χ0v) is 11.6. The number of fused-ring (bicyclic) bond motifs is 1. The van der Waals surface area contributed by atoms with E-state index in [0.29, 0.717) is 11.5 Å². The Morgan fingerprint density at radius 1 is 1.06 bits per heavy atom. The van der Waals surface area contributed by atoms with Crippen molar-refractivity contribution in [1.82, 2.24) is 0 Å². The predicted molar refractivity (Wildman–Crippen MR) is 75.9 cm³/mol. The lowest BCUT2D eigenvalue weighted by molar-refractivity contribution is 0.332. The molecule has 0 radical (unpaired) electrons. The third kappa shape index (κ3) is 2.56. The lowest BCUT2D eigenvalue weighted by atomic mass is 9.85. The van der Waals surface area contributed by atoms with Crippen LogP contribution in [0.2, 0.25) is 0 Å². The fourth-order valence-corrected chi connectivity index (χ4v) is 2.34. The van der Waals surface area contributed by atoms with Crippen LogP contribution in [-0.4, -0.2) is 12.6 Å². The Balaban J connectivity index is 2.34. The van der Waals surface area contributed by atoms with E-state index in [9.17, 15) is 0 Å². The van der Waals surface area contributed by atoms with Gasteiger partial charge in [0.1, 0.15) is 0 Å². The zero-order chi connectivity index (χ0) is 12.6. The molecule has 0 bridgehead atoms. The Kier molecular flexibility index (Phi) is 3.07. The molecule has 1 aromatic carbocycles. The van der Waals surface area contributed by atoms with Crippen molar-refractivity contribution in [1.29, 1.82) is 0 Å². The largest absolute Gasteiger partial charge is 0.383 e. The first-order valence-corrected chi connectivity index (χ1v) is 6.49. The lowest BCUT2D eigenvalue weighted by Gasteiger charge is -2.31. The highest BCUT2D eigenvalue weighted by Gasteiger charge is 2.26. The quantitative estimate of drug-likeness (QED) is 0.708. The number of hydrogen-bond donors (Lipinski definition) is 2. The normalized spacial score (nSPS) is 19.9. The molecule has 1 heterocycles. The second-order valence-electron chi connectivity index (χ2n) is 6.26. The van der Waals surface area contributed by atoms with Gasteiger partial charge in [-0.25, -0.2) is 0 Å². The standard InChI is InChI=1S/C15H24N2/c1-10-8-12-13(9-11(10)2)17-14(6-7-16-12)15(3,4)5/h8-9,14,16-17H,6-7H2,1-5H3. The first kappa shape index (κ1) is 12.3. The minimum absolute atomic E-state index is 0.294. The Morgan fingerprint density at radius 3 is 2.24 bits per heavy atom. The first-order valence-electron chi connectivity index (χ1n) is 6.49. The maximum Gasteiger partial charge on any atom is 0.0581 e. The molecule has 0 aromatic heterocycles. The van der Waals surface area contributed by atoms with E-state index in [1.807, 2.05) is 0 Å². The summed E-state index contributed by atoms with van der Waals surface area (Å²) in [4.78, 5) is 0. The summed E-state index contributed by atoms with van der Waals surface area (Å²) in [6.45, 7) is 12.3. The van der Waals surface area contributed by atoms with Crippen LogP contribution in [-0.2, 0) is 0 Å². The Morgan fingerprint density at radius 2 is 1.65 bits per heavy atom. The lowest BCUT2D eigenvalue weighted by Crippen LogP contribution is -2.34. The molecule has 1 aliphatic heterocycles. The van der Waals surface area contributed by atoms with Gasteiger partial charge in [0, 0.05) is 12.6 Å². The fourth-order valence-electron chi connectivity index (χ4n) is 2.34. The molecule has 0 amide bonds. The number of anilines is 2. The van der Waals surface area contributed by atoms with Crippen molar-refractivity contribution in [3.05, 3.63) is 23.3 Å². The van der Waals surface area contributed by atoms with Crippen LogP contribution < -0.4 is 10.6 Å². The average molecular weight is 232 g/mol. The van der Waals surface area contributed by atoms with Gasteiger partial charge in [-0.1, -0.05) is 20.8 Å². The van der Waals surface area contributed by atoms with Crippen LogP contribution in [0.15, 0.2) is 12.1 Å². The van der Waals surface area contributed by atoms with Crippen LogP contribution in [0.3, 0.4) is 0 Å². The van der Waals surface area contributed by atoms with Crippen molar-refractivity contribution in [3.63, 3.8) is 0 Å². The molecule has 0 fully saturated rings. The van der Waals surface area contributed by atoms with Crippen LogP contribution >= 0.6 is 0 Å². The molecule has 0 saturated carbocycles. The highest BCUT2D eigenvalue weighted by atomic mass is 15.0. The van der Waals surface area contributed by atoms with Gasteiger partial charge in [-0.05, 0) is 48.9 Å². The topological polar surface area (TPSA) is 24.1 Å². The number of aryl methyl sites for hydroxylation is 2. The van der Waals surface area contributed by atoms with E-state index in [1.165, 1.54) is 22.5 Å². The molecule has 0 saturated heterocycles. The summed E-state index contributed by atoms with van der Waals surface area (Å²) in [5.74, 6) is 0. The second kappa shape index (κ2) is 4.25. The van der Waals surface area contributed by atoms with E-state index in [0.717, 1.165) is 13.0 Å². The van der Waals surface area contributed by atoms with Crippen LogP contribution in [0.25, 0.3) is 0 Å². The van der Waals surface area contributed by atoms with Crippen molar-refractivity contribution >= 4 is 11.4 Å². The van der Waals surface area contributed by atoms with Gasteiger partial charge >= 0.3 is 0 Å². The van der Waals surface area contributed by atoms with Crippen molar-refractivity contribution in [2.75, 3.05) is 17.2 Å². The Hall–Kier alpha value is -1.18. The molecule has 2 heteroatoms. The van der Waals surface area contributed by atoms with Gasteiger partial charge in [0.05, 0.1) is 11.4 Å². The SMILES string of the molecule is Cc1cc2c(cc1C)NC(C(C)(C)C)CCN2. The molecule has 0 spiro atoms. The van der Waals surface area contributed by atoms with Crippen LogP contribution in [0.5, 0.6) is 0 Å². The maximum absolute atomic E-state index is 3.70. The maximum atomic E-state index is 3.70. The van der Waals surface area contributed by atoms with Crippen LogP contribution in [0, 0.1) is 19.3 Å². The van der Waals surface area contributed by atoms with Gasteiger partial charge in [0.2, 0.25) is 0 Å². The van der Waals surface area contributed by atoms with E-state index in [2.05, 4.69) is 57.4 Å². The third-order valence-electron chi connectivity index (χ3n) is 3.76. The van der Waals surface area contributed by atoms with Gasteiger partial charge < -0.3 is 10.6 Å². The van der Waals surface area contributed by atoms with Gasteiger partial charge in [-0.3, -0.25) is 0 Å². The fraction of sp³-hybridized carbons (Fsp3) is 0.600. The zero-order valence-electron chi connectivity index (χ0n) is 11.6. The number of nitrogens with one attached hydrogen (secondary N) is 2. The average Bonchev–Trinajstić information content (AvgIpc) is 2.40. The van der Waals surface area contributed by atoms with Crippen molar-refractivity contribution in [2.45, 2.75) is 47.1 Å². The summed E-state index contributed by atoms with van der Waals surface area (Å²) in [5.41, 5.74) is 5.51. The molecule has 1 aromatic rings. The Bertz CT molecular complexity index is 416. The monoisotopic (exact) mass is 232 g/mol. The Labute approximate surface area is 105 Å². The van der Waals surface area contributed by atoms with E-state index >= 15 is 0 Å². The molecule has 1 atom stereocenters. The number of benzene rings is 1. The number of hydrogen-bond acceptors (Lipinski definition) is 2. The van der Waals surface area contributed by atoms with E-state index < -0.39 is 0 Å². The second-order valence-corrected chi connectivity index (χ2v) is 6.26. The van der Waals surface area contributed by atoms with Gasteiger partial charge in [0.15, 0.2) is 0 Å². The van der Waals surface area contributed by atoms with Crippen molar-refractivity contribution < 1.29 is 0 Å². The number of rotatable bonds is 0. The minimum atomic E-state index is 0.294. The predicted octanol–water partition coefficient (Wildman–Crippen LogP) is 3.95. The van der Waals surface area contributed by atoms with Gasteiger partial charge in [-0.2, -0.15) is 0 Å². The highest BCUT2D eigenvalue weighted by Crippen LogP contribution is 2.33. The van der Waals surface area contributed by atoms with E-state index in [1.54, 1.807) is 0 Å². The molecule has 1 unspecified atom stereocenters. The summed E-state index contributed by atoms with van der Waals surface area (Å²) in [7, 11) is 0. The third-order valence-corrected chi connectivity index (χ3v) is 3.76. The molecular formula is C15H24N2. The molecule has 0 aliphatic carbocycles. The van der Waals surface area contributed by atoms with E-state index in [-0.39, 0.29) is 0 Å². The molecule has 2 nitrogen and oxygen atoms in total.